The van der Waals surface area contributed by atoms with E-state index >= 15 is 0 Å². The lowest BCUT2D eigenvalue weighted by atomic mass is 10.3. The van der Waals surface area contributed by atoms with Crippen molar-refractivity contribution in [1.29, 1.82) is 0 Å². The second-order valence-corrected chi connectivity index (χ2v) is 5.28. The highest BCUT2D eigenvalue weighted by molar-refractivity contribution is 5.91. The van der Waals surface area contributed by atoms with Crippen molar-refractivity contribution in [2.75, 3.05) is 24.7 Å². The molecule has 1 amide bonds. The van der Waals surface area contributed by atoms with E-state index in [0.29, 0.717) is 17.1 Å². The lowest BCUT2D eigenvalue weighted by Crippen LogP contribution is -2.22. The van der Waals surface area contributed by atoms with Gasteiger partial charge in [-0.2, -0.15) is 0 Å². The van der Waals surface area contributed by atoms with E-state index in [1.165, 1.54) is 20.1 Å². The first-order valence-corrected chi connectivity index (χ1v) is 8.11. The van der Waals surface area contributed by atoms with Crippen LogP contribution in [0.3, 0.4) is 0 Å². The number of rotatable bonds is 7. The molecule has 0 aliphatic heterocycles. The van der Waals surface area contributed by atoms with Gasteiger partial charge in [-0.1, -0.05) is 12.1 Å². The van der Waals surface area contributed by atoms with Gasteiger partial charge in [-0.3, -0.25) is 4.79 Å². The van der Waals surface area contributed by atoms with E-state index in [9.17, 15) is 9.59 Å². The van der Waals surface area contributed by atoms with Crippen LogP contribution in [0.1, 0.15) is 6.92 Å². The Balaban J connectivity index is 2.14. The zero-order chi connectivity index (χ0) is 20.5. The summed E-state index contributed by atoms with van der Waals surface area (Å²) in [6.07, 6.45) is -1.77. The van der Waals surface area contributed by atoms with Gasteiger partial charge in [-0.25, -0.2) is 9.78 Å². The van der Waals surface area contributed by atoms with E-state index in [4.69, 9.17) is 20.9 Å². The highest BCUT2D eigenvalue weighted by atomic mass is 16.8. The normalized spacial score (nSPS) is 11.7. The molecule has 1 atom stereocenters. The maximum absolute atomic E-state index is 11.3. The molecule has 148 valence electrons. The van der Waals surface area contributed by atoms with Gasteiger partial charge in [0, 0.05) is 6.92 Å². The molecule has 0 saturated carbocycles. The minimum atomic E-state index is -0.902. The number of ether oxygens (including phenoxy) is 3. The van der Waals surface area contributed by atoms with Crippen LogP contribution < -0.4 is 21.5 Å². The summed E-state index contributed by atoms with van der Waals surface area (Å²) in [5, 5.41) is 10.6. The molecule has 11 heteroatoms. The Labute approximate surface area is 160 Å². The Morgan fingerprint density at radius 3 is 2.57 bits per heavy atom. The number of hydrogen-bond acceptors (Lipinski definition) is 10. The zero-order valence-electron chi connectivity index (χ0n) is 15.3. The molecule has 0 aliphatic carbocycles. The lowest BCUT2D eigenvalue weighted by molar-refractivity contribution is -0.114. The first kappa shape index (κ1) is 20.6. The summed E-state index contributed by atoms with van der Waals surface area (Å²) in [6, 6.07) is 9.82. The van der Waals surface area contributed by atoms with Crippen molar-refractivity contribution in [3.63, 3.8) is 0 Å². The van der Waals surface area contributed by atoms with Crippen molar-refractivity contribution in [3.8, 4) is 5.75 Å². The van der Waals surface area contributed by atoms with Gasteiger partial charge in [0.2, 0.25) is 12.2 Å². The maximum atomic E-state index is 11.3. The standard InChI is InChI=1S/C17H20N6O5/c1-10(28-17(25)26-2)27-13-6-4-3-5-11(13)22-23-12-7-8-14(21-16(12)19)20-15(24)9-18/h3-8,10H,9,18H2,1-2H3,(H3,19,20,21,24)/b23-22+. The predicted molar refractivity (Wildman–Crippen MR) is 101 cm³/mol. The molecule has 2 rings (SSSR count). The fraction of sp³-hybridized carbons (Fsp3) is 0.235. The second kappa shape index (κ2) is 9.83. The number of methoxy groups -OCH3 is 1. The van der Waals surface area contributed by atoms with Crippen molar-refractivity contribution >= 4 is 35.1 Å². The van der Waals surface area contributed by atoms with Crippen molar-refractivity contribution in [2.24, 2.45) is 16.0 Å². The number of carbonyl (C=O) groups is 2. The average molecular weight is 388 g/mol. The molecule has 1 aromatic heterocycles. The molecule has 11 nitrogen and oxygen atoms in total. The quantitative estimate of drug-likeness (QED) is 0.370. The molecule has 0 saturated heterocycles. The third kappa shape index (κ3) is 5.92. The van der Waals surface area contributed by atoms with E-state index in [-0.39, 0.29) is 18.2 Å². The van der Waals surface area contributed by atoms with Crippen LogP contribution in [0, 0.1) is 0 Å². The molecule has 5 N–H and O–H groups in total. The molecule has 1 heterocycles. The van der Waals surface area contributed by atoms with Gasteiger partial charge in [0.15, 0.2) is 11.6 Å². The van der Waals surface area contributed by atoms with Crippen LogP contribution >= 0.6 is 0 Å². The predicted octanol–water partition coefficient (Wildman–Crippen LogP) is 2.48. The zero-order valence-corrected chi connectivity index (χ0v) is 15.3. The van der Waals surface area contributed by atoms with Crippen LogP contribution in [-0.2, 0) is 14.3 Å². The first-order chi connectivity index (χ1) is 13.4. The minimum Gasteiger partial charge on any atom is -0.453 e. The van der Waals surface area contributed by atoms with Crippen LogP contribution in [0.4, 0.5) is 27.8 Å². The third-order valence-electron chi connectivity index (χ3n) is 3.21. The monoisotopic (exact) mass is 388 g/mol. The van der Waals surface area contributed by atoms with E-state index in [1.54, 1.807) is 30.3 Å². The fourth-order valence-electron chi connectivity index (χ4n) is 1.95. The fourth-order valence-corrected chi connectivity index (χ4v) is 1.95. The number of nitrogen functional groups attached to an aromatic ring is 1. The van der Waals surface area contributed by atoms with Gasteiger partial charge >= 0.3 is 6.16 Å². The van der Waals surface area contributed by atoms with Gasteiger partial charge in [0.25, 0.3) is 0 Å². The van der Waals surface area contributed by atoms with Crippen molar-refractivity contribution < 1.29 is 23.8 Å². The molecule has 0 radical (unpaired) electrons. The van der Waals surface area contributed by atoms with Gasteiger partial charge in [-0.15, -0.1) is 10.2 Å². The van der Waals surface area contributed by atoms with Crippen molar-refractivity contribution in [3.05, 3.63) is 36.4 Å². The first-order valence-electron chi connectivity index (χ1n) is 8.11. The van der Waals surface area contributed by atoms with Crippen LogP contribution in [0.2, 0.25) is 0 Å². The summed E-state index contributed by atoms with van der Waals surface area (Å²) in [5.74, 6) is 0.264. The van der Waals surface area contributed by atoms with E-state index in [0.717, 1.165) is 0 Å². The van der Waals surface area contributed by atoms with Crippen molar-refractivity contribution in [2.45, 2.75) is 13.2 Å². The summed E-state index contributed by atoms with van der Waals surface area (Å²) in [7, 11) is 1.20. The number of aromatic nitrogens is 1. The summed E-state index contributed by atoms with van der Waals surface area (Å²) in [5.41, 5.74) is 11.7. The van der Waals surface area contributed by atoms with Gasteiger partial charge in [0.1, 0.15) is 17.2 Å². The number of nitrogens with two attached hydrogens (primary N) is 2. The molecule has 0 fully saturated rings. The Kier molecular flexibility index (Phi) is 7.22. The van der Waals surface area contributed by atoms with Crippen LogP contribution in [-0.4, -0.2) is 37.0 Å². The molecule has 1 aromatic carbocycles. The number of pyridine rings is 1. The minimum absolute atomic E-state index is 0.0689. The molecule has 0 bridgehead atoms. The Morgan fingerprint density at radius 1 is 1.18 bits per heavy atom. The number of para-hydroxylation sites is 1. The van der Waals surface area contributed by atoms with E-state index < -0.39 is 18.4 Å². The smallest absolute Gasteiger partial charge is 0.453 e. The Bertz CT molecular complexity index is 873. The number of nitrogens with zero attached hydrogens (tertiary/aromatic N) is 3. The topological polar surface area (TPSA) is 164 Å². The largest absolute Gasteiger partial charge is 0.511 e. The highest BCUT2D eigenvalue weighted by Crippen LogP contribution is 2.31. The van der Waals surface area contributed by atoms with Gasteiger partial charge in [-0.05, 0) is 24.3 Å². The average Bonchev–Trinajstić information content (AvgIpc) is 2.68. The molecular formula is C17H20N6O5. The third-order valence-corrected chi connectivity index (χ3v) is 3.21. The second-order valence-electron chi connectivity index (χ2n) is 5.28. The number of carbonyl (C=O) groups excluding carboxylic acids is 2. The van der Waals surface area contributed by atoms with Crippen LogP contribution in [0.5, 0.6) is 5.75 Å². The van der Waals surface area contributed by atoms with Crippen LogP contribution in [0.15, 0.2) is 46.6 Å². The summed E-state index contributed by atoms with van der Waals surface area (Å²) in [6.45, 7) is 1.36. The highest BCUT2D eigenvalue weighted by Gasteiger charge is 2.13. The molecule has 0 spiro atoms. The number of amides is 1. The summed E-state index contributed by atoms with van der Waals surface area (Å²) >= 11 is 0. The molecule has 1 unspecified atom stereocenters. The number of nitrogens with one attached hydrogen (secondary N) is 1. The van der Waals surface area contributed by atoms with Crippen LogP contribution in [0.25, 0.3) is 0 Å². The van der Waals surface area contributed by atoms with Gasteiger partial charge < -0.3 is 31.0 Å². The maximum Gasteiger partial charge on any atom is 0.511 e. The Morgan fingerprint density at radius 2 is 1.89 bits per heavy atom. The summed E-state index contributed by atoms with van der Waals surface area (Å²) in [4.78, 5) is 26.4. The summed E-state index contributed by atoms with van der Waals surface area (Å²) < 4.78 is 14.8. The lowest BCUT2D eigenvalue weighted by Gasteiger charge is -2.15. The van der Waals surface area contributed by atoms with Gasteiger partial charge in [0.05, 0.1) is 13.7 Å². The SMILES string of the molecule is COC(=O)OC(C)Oc1ccccc1/N=N/c1ccc(NC(=O)CN)nc1N. The molecule has 28 heavy (non-hydrogen) atoms. The molecule has 0 aliphatic rings. The van der Waals surface area contributed by atoms with E-state index in [2.05, 4.69) is 25.3 Å². The number of azo groups is 1. The Hall–Kier alpha value is -3.73. The van der Waals surface area contributed by atoms with Crippen molar-refractivity contribution in [1.82, 2.24) is 4.98 Å². The molecule has 2 aromatic rings. The number of anilines is 2. The number of hydrogen-bond donors (Lipinski definition) is 3. The number of benzene rings is 1. The molecular weight excluding hydrogens is 368 g/mol. The van der Waals surface area contributed by atoms with E-state index in [1.807, 2.05) is 0 Å².